The summed E-state index contributed by atoms with van der Waals surface area (Å²) in [6.45, 7) is 1.39. The highest BCUT2D eigenvalue weighted by atomic mass is 16.3. The summed E-state index contributed by atoms with van der Waals surface area (Å²) in [6.07, 6.45) is 3.29. The number of nitrogens with one attached hydrogen (secondary N) is 1. The molecule has 28 heavy (non-hydrogen) atoms. The van der Waals surface area contributed by atoms with Gasteiger partial charge in [0.25, 0.3) is 0 Å². The Morgan fingerprint density at radius 3 is 2.82 bits per heavy atom. The summed E-state index contributed by atoms with van der Waals surface area (Å²) in [4.78, 5) is 14.8. The van der Waals surface area contributed by atoms with E-state index in [0.29, 0.717) is 29.2 Å². The summed E-state index contributed by atoms with van der Waals surface area (Å²) in [5.41, 5.74) is 1.69. The van der Waals surface area contributed by atoms with Crippen molar-refractivity contribution in [2.75, 3.05) is 23.3 Å². The number of rotatable bonds is 4. The number of piperidine rings is 1. The largest absolute Gasteiger partial charge is 0.463 e. The van der Waals surface area contributed by atoms with Gasteiger partial charge in [0.15, 0.2) is 11.6 Å². The van der Waals surface area contributed by atoms with E-state index >= 15 is 0 Å². The summed E-state index contributed by atoms with van der Waals surface area (Å²) < 4.78 is 5.34. The monoisotopic (exact) mass is 373 g/mol. The van der Waals surface area contributed by atoms with Crippen LogP contribution in [0, 0.1) is 17.2 Å². The first-order valence-electron chi connectivity index (χ1n) is 9.17. The minimum absolute atomic E-state index is 0.0763. The van der Waals surface area contributed by atoms with Crippen LogP contribution in [0.25, 0.3) is 11.5 Å². The van der Waals surface area contributed by atoms with Crippen LogP contribution in [0.15, 0.2) is 59.2 Å². The van der Waals surface area contributed by atoms with Gasteiger partial charge in [-0.2, -0.15) is 5.26 Å². The number of aromatic nitrogens is 2. The summed E-state index contributed by atoms with van der Waals surface area (Å²) in [6, 6.07) is 16.5. The van der Waals surface area contributed by atoms with Gasteiger partial charge in [0.05, 0.1) is 23.4 Å². The number of hydrogen-bond acceptors (Lipinski definition) is 6. The maximum atomic E-state index is 12.7. The number of anilines is 2. The number of carbonyl (C=O) groups is 1. The van der Waals surface area contributed by atoms with E-state index in [1.165, 1.54) is 0 Å². The van der Waals surface area contributed by atoms with Crippen molar-refractivity contribution in [2.45, 2.75) is 12.8 Å². The molecule has 4 rings (SSSR count). The molecular formula is C21H19N5O2. The highest BCUT2D eigenvalue weighted by molar-refractivity contribution is 5.94. The zero-order chi connectivity index (χ0) is 19.3. The van der Waals surface area contributed by atoms with Crippen molar-refractivity contribution < 1.29 is 9.21 Å². The van der Waals surface area contributed by atoms with Gasteiger partial charge in [0.1, 0.15) is 11.8 Å². The highest BCUT2D eigenvalue weighted by Crippen LogP contribution is 2.25. The molecule has 2 aromatic heterocycles. The molecule has 1 aliphatic heterocycles. The lowest BCUT2D eigenvalue weighted by Crippen LogP contribution is -2.41. The molecule has 1 saturated heterocycles. The smallest absolute Gasteiger partial charge is 0.229 e. The summed E-state index contributed by atoms with van der Waals surface area (Å²) >= 11 is 0. The molecule has 1 atom stereocenters. The fourth-order valence-electron chi connectivity index (χ4n) is 3.37. The van der Waals surface area contributed by atoms with E-state index in [-0.39, 0.29) is 11.8 Å². The van der Waals surface area contributed by atoms with Gasteiger partial charge in [-0.25, -0.2) is 0 Å². The Balaban J connectivity index is 1.44. The maximum Gasteiger partial charge on any atom is 0.229 e. The molecule has 1 unspecified atom stereocenters. The van der Waals surface area contributed by atoms with Crippen LogP contribution in [-0.4, -0.2) is 29.2 Å². The van der Waals surface area contributed by atoms with Gasteiger partial charge in [-0.05, 0) is 49.2 Å². The van der Waals surface area contributed by atoms with Crippen molar-refractivity contribution >= 4 is 17.4 Å². The zero-order valence-electron chi connectivity index (χ0n) is 15.2. The molecule has 1 amide bonds. The lowest BCUT2D eigenvalue weighted by Gasteiger charge is -2.32. The molecule has 0 saturated carbocycles. The van der Waals surface area contributed by atoms with Crippen LogP contribution in [0.3, 0.4) is 0 Å². The van der Waals surface area contributed by atoms with Crippen LogP contribution in [-0.2, 0) is 4.79 Å². The Labute approximate surface area is 162 Å². The predicted octanol–water partition coefficient (Wildman–Crippen LogP) is 3.46. The molecule has 1 N–H and O–H groups in total. The molecule has 3 aromatic rings. The third-order valence-corrected chi connectivity index (χ3v) is 4.85. The number of nitriles is 1. The first-order valence-corrected chi connectivity index (χ1v) is 9.17. The molecule has 1 fully saturated rings. The fraction of sp³-hybridized carbons (Fsp3) is 0.238. The zero-order valence-corrected chi connectivity index (χ0v) is 15.2. The van der Waals surface area contributed by atoms with E-state index < -0.39 is 0 Å². The molecule has 7 heteroatoms. The third kappa shape index (κ3) is 3.71. The Morgan fingerprint density at radius 1 is 1.18 bits per heavy atom. The van der Waals surface area contributed by atoms with Crippen LogP contribution in [0.4, 0.5) is 11.5 Å². The van der Waals surface area contributed by atoms with Gasteiger partial charge in [0, 0.05) is 13.1 Å². The Hall–Kier alpha value is -3.66. The second-order valence-electron chi connectivity index (χ2n) is 6.69. The van der Waals surface area contributed by atoms with Crippen molar-refractivity contribution in [3.05, 3.63) is 60.4 Å². The third-order valence-electron chi connectivity index (χ3n) is 4.85. The van der Waals surface area contributed by atoms with Crippen LogP contribution in [0.2, 0.25) is 0 Å². The summed E-state index contributed by atoms with van der Waals surface area (Å²) in [5, 5.41) is 20.6. The average molecular weight is 373 g/mol. The van der Waals surface area contributed by atoms with E-state index in [4.69, 9.17) is 4.42 Å². The Kier molecular flexibility index (Phi) is 5.02. The number of amides is 1. The Morgan fingerprint density at radius 2 is 2.07 bits per heavy atom. The molecule has 0 bridgehead atoms. The topological polar surface area (TPSA) is 95.1 Å². The molecule has 3 heterocycles. The van der Waals surface area contributed by atoms with Gasteiger partial charge in [-0.3, -0.25) is 4.79 Å². The molecule has 0 spiro atoms. The number of carbonyl (C=O) groups excluding carboxylic acids is 1. The standard InChI is InChI=1S/C21H19N5O2/c22-13-15-5-1-2-7-17(15)23-21(27)16-6-3-11-26(14-16)20-10-9-18(24-25-20)19-8-4-12-28-19/h1-2,4-5,7-10,12,16H,3,6,11,14H2,(H,23,27). The highest BCUT2D eigenvalue weighted by Gasteiger charge is 2.27. The number of hydrogen-bond donors (Lipinski definition) is 1. The van der Waals surface area contributed by atoms with Crippen molar-refractivity contribution in [3.8, 4) is 17.5 Å². The molecule has 7 nitrogen and oxygen atoms in total. The number of nitrogens with zero attached hydrogens (tertiary/aromatic N) is 4. The van der Waals surface area contributed by atoms with Crippen LogP contribution >= 0.6 is 0 Å². The molecule has 1 aliphatic rings. The number of para-hydroxylation sites is 1. The van der Waals surface area contributed by atoms with Crippen LogP contribution < -0.4 is 10.2 Å². The lowest BCUT2D eigenvalue weighted by molar-refractivity contribution is -0.120. The van der Waals surface area contributed by atoms with Crippen LogP contribution in [0.1, 0.15) is 18.4 Å². The molecule has 140 valence electrons. The van der Waals surface area contributed by atoms with E-state index in [0.717, 1.165) is 25.2 Å². The molecule has 0 aliphatic carbocycles. The fourth-order valence-corrected chi connectivity index (χ4v) is 3.37. The predicted molar refractivity (Wildman–Crippen MR) is 104 cm³/mol. The molecule has 1 aromatic carbocycles. The van der Waals surface area contributed by atoms with Crippen molar-refractivity contribution in [3.63, 3.8) is 0 Å². The second kappa shape index (κ2) is 7.92. The van der Waals surface area contributed by atoms with Gasteiger partial charge in [-0.1, -0.05) is 12.1 Å². The van der Waals surface area contributed by atoms with E-state index in [2.05, 4.69) is 26.5 Å². The molecule has 0 radical (unpaired) electrons. The summed E-state index contributed by atoms with van der Waals surface area (Å²) in [5.74, 6) is 1.16. The van der Waals surface area contributed by atoms with Crippen molar-refractivity contribution in [1.82, 2.24) is 10.2 Å². The van der Waals surface area contributed by atoms with E-state index in [9.17, 15) is 10.1 Å². The normalized spacial score (nSPS) is 16.4. The van der Waals surface area contributed by atoms with E-state index in [1.54, 1.807) is 30.5 Å². The van der Waals surface area contributed by atoms with Gasteiger partial charge >= 0.3 is 0 Å². The van der Waals surface area contributed by atoms with Crippen LogP contribution in [0.5, 0.6) is 0 Å². The van der Waals surface area contributed by atoms with E-state index in [1.807, 2.05) is 24.3 Å². The molecular weight excluding hydrogens is 354 g/mol. The first-order chi connectivity index (χ1) is 13.7. The van der Waals surface area contributed by atoms with Crippen molar-refractivity contribution in [2.24, 2.45) is 5.92 Å². The van der Waals surface area contributed by atoms with Gasteiger partial charge in [-0.15, -0.1) is 10.2 Å². The number of furan rings is 1. The Bertz CT molecular complexity index is 992. The van der Waals surface area contributed by atoms with Gasteiger partial charge < -0.3 is 14.6 Å². The second-order valence-corrected chi connectivity index (χ2v) is 6.69. The average Bonchev–Trinajstić information content (AvgIpc) is 3.29. The lowest BCUT2D eigenvalue weighted by atomic mass is 9.97. The van der Waals surface area contributed by atoms with Crippen molar-refractivity contribution in [1.29, 1.82) is 5.26 Å². The minimum atomic E-state index is -0.174. The van der Waals surface area contributed by atoms with Gasteiger partial charge in [0.2, 0.25) is 5.91 Å². The first kappa shape index (κ1) is 17.7. The summed E-state index contributed by atoms with van der Waals surface area (Å²) in [7, 11) is 0. The SMILES string of the molecule is N#Cc1ccccc1NC(=O)C1CCCN(c2ccc(-c3ccco3)nn2)C1. The minimum Gasteiger partial charge on any atom is -0.463 e. The number of benzene rings is 1. The maximum absolute atomic E-state index is 12.7. The quantitative estimate of drug-likeness (QED) is 0.752.